The predicted octanol–water partition coefficient (Wildman–Crippen LogP) is 4.35. The molecule has 3 aromatic carbocycles. The monoisotopic (exact) mass is 452 g/mol. The number of methoxy groups -OCH3 is 5. The summed E-state index contributed by atoms with van der Waals surface area (Å²) in [6.45, 7) is 0. The van der Waals surface area contributed by atoms with E-state index >= 15 is 0 Å². The van der Waals surface area contributed by atoms with Crippen molar-refractivity contribution >= 4 is 22.7 Å². The highest BCUT2D eigenvalue weighted by molar-refractivity contribution is 5.95. The number of fused-ring (bicyclic) bond motifs is 1. The van der Waals surface area contributed by atoms with Crippen molar-refractivity contribution in [2.45, 2.75) is 12.3 Å². The van der Waals surface area contributed by atoms with Gasteiger partial charge in [0, 0.05) is 23.6 Å². The molecule has 0 aromatic heterocycles. The van der Waals surface area contributed by atoms with Crippen LogP contribution in [-0.2, 0) is 19.1 Å². The Morgan fingerprint density at radius 3 is 1.88 bits per heavy atom. The van der Waals surface area contributed by atoms with Gasteiger partial charge in [0.25, 0.3) is 0 Å². The molecule has 7 heteroatoms. The first-order chi connectivity index (χ1) is 16.0. The second kappa shape index (κ2) is 10.7. The SMILES string of the molecule is COC(=O)C(CC(c1c(OC)cc(OC)cc1OC)c1cccc2ccccc12)C(=O)OC. The molecule has 0 radical (unpaired) electrons. The third-order valence-corrected chi connectivity index (χ3v) is 5.74. The van der Waals surface area contributed by atoms with Crippen LogP contribution < -0.4 is 14.2 Å². The van der Waals surface area contributed by atoms with Gasteiger partial charge in [0.1, 0.15) is 17.2 Å². The summed E-state index contributed by atoms with van der Waals surface area (Å²) >= 11 is 0. The van der Waals surface area contributed by atoms with Crippen LogP contribution in [0.4, 0.5) is 0 Å². The highest BCUT2D eigenvalue weighted by atomic mass is 16.5. The highest BCUT2D eigenvalue weighted by Crippen LogP contribution is 2.46. The normalized spacial score (nSPS) is 11.7. The van der Waals surface area contributed by atoms with Crippen LogP contribution >= 0.6 is 0 Å². The first-order valence-electron chi connectivity index (χ1n) is 10.4. The summed E-state index contributed by atoms with van der Waals surface area (Å²) in [5, 5.41) is 2.01. The van der Waals surface area contributed by atoms with Crippen molar-refractivity contribution in [1.29, 1.82) is 0 Å². The number of carbonyl (C=O) groups excluding carboxylic acids is 2. The molecule has 0 aliphatic rings. The van der Waals surface area contributed by atoms with Crippen molar-refractivity contribution < 1.29 is 33.3 Å². The van der Waals surface area contributed by atoms with Crippen LogP contribution in [0.25, 0.3) is 10.8 Å². The fourth-order valence-electron chi connectivity index (χ4n) is 4.14. The lowest BCUT2D eigenvalue weighted by atomic mass is 9.80. The molecule has 0 heterocycles. The topological polar surface area (TPSA) is 80.3 Å². The number of benzene rings is 3. The van der Waals surface area contributed by atoms with Crippen LogP contribution in [0.2, 0.25) is 0 Å². The summed E-state index contributed by atoms with van der Waals surface area (Å²) in [6.07, 6.45) is 0.0897. The van der Waals surface area contributed by atoms with Crippen LogP contribution in [0.15, 0.2) is 54.6 Å². The summed E-state index contributed by atoms with van der Waals surface area (Å²) in [6, 6.07) is 17.4. The molecule has 1 atom stereocenters. The predicted molar refractivity (Wildman–Crippen MR) is 124 cm³/mol. The second-order valence-electron chi connectivity index (χ2n) is 7.40. The lowest BCUT2D eigenvalue weighted by Crippen LogP contribution is -2.29. The van der Waals surface area contributed by atoms with Crippen LogP contribution in [0.3, 0.4) is 0 Å². The van der Waals surface area contributed by atoms with Gasteiger partial charge < -0.3 is 23.7 Å². The molecular formula is C26H28O7. The van der Waals surface area contributed by atoms with E-state index in [1.165, 1.54) is 14.2 Å². The van der Waals surface area contributed by atoms with Crippen LogP contribution in [-0.4, -0.2) is 47.5 Å². The lowest BCUT2D eigenvalue weighted by Gasteiger charge is -2.26. The molecule has 0 saturated carbocycles. The smallest absolute Gasteiger partial charge is 0.320 e. The summed E-state index contributed by atoms with van der Waals surface area (Å²) in [5.74, 6) is -1.36. The van der Waals surface area contributed by atoms with Gasteiger partial charge in [-0.3, -0.25) is 9.59 Å². The Labute approximate surface area is 193 Å². The summed E-state index contributed by atoms with van der Waals surface area (Å²) in [4.78, 5) is 25.2. The Morgan fingerprint density at radius 2 is 1.33 bits per heavy atom. The molecule has 0 saturated heterocycles. The van der Waals surface area contributed by atoms with Gasteiger partial charge >= 0.3 is 11.9 Å². The molecule has 0 fully saturated rings. The van der Waals surface area contributed by atoms with Gasteiger partial charge in [-0.25, -0.2) is 0 Å². The number of rotatable bonds is 9. The first-order valence-corrected chi connectivity index (χ1v) is 10.4. The maximum Gasteiger partial charge on any atom is 0.320 e. The zero-order chi connectivity index (χ0) is 24.0. The van der Waals surface area contributed by atoms with Gasteiger partial charge in [-0.1, -0.05) is 42.5 Å². The van der Waals surface area contributed by atoms with Gasteiger partial charge in [-0.2, -0.15) is 0 Å². The maximum atomic E-state index is 12.6. The minimum atomic E-state index is -1.14. The quantitative estimate of drug-likeness (QED) is 0.353. The molecule has 3 aromatic rings. The van der Waals surface area contributed by atoms with E-state index in [2.05, 4.69) is 0 Å². The molecule has 0 aliphatic heterocycles. The molecule has 0 bridgehead atoms. The largest absolute Gasteiger partial charge is 0.496 e. The van der Waals surface area contributed by atoms with E-state index in [1.54, 1.807) is 33.5 Å². The molecule has 7 nitrogen and oxygen atoms in total. The highest BCUT2D eigenvalue weighted by Gasteiger charge is 2.36. The number of hydrogen-bond acceptors (Lipinski definition) is 7. The molecule has 33 heavy (non-hydrogen) atoms. The third kappa shape index (κ3) is 4.87. The van der Waals surface area contributed by atoms with Crippen LogP contribution in [0.5, 0.6) is 17.2 Å². The Morgan fingerprint density at radius 1 is 0.758 bits per heavy atom. The average Bonchev–Trinajstić information content (AvgIpc) is 2.87. The zero-order valence-electron chi connectivity index (χ0n) is 19.4. The van der Waals surface area contributed by atoms with Crippen LogP contribution in [0.1, 0.15) is 23.5 Å². The fourth-order valence-corrected chi connectivity index (χ4v) is 4.14. The van der Waals surface area contributed by atoms with E-state index in [4.69, 9.17) is 23.7 Å². The van der Waals surface area contributed by atoms with E-state index in [0.717, 1.165) is 16.3 Å². The van der Waals surface area contributed by atoms with Crippen molar-refractivity contribution in [2.75, 3.05) is 35.5 Å². The Balaban J connectivity index is 2.31. The molecule has 0 N–H and O–H groups in total. The van der Waals surface area contributed by atoms with Crippen molar-refractivity contribution in [1.82, 2.24) is 0 Å². The second-order valence-corrected chi connectivity index (χ2v) is 7.40. The lowest BCUT2D eigenvalue weighted by molar-refractivity contribution is -0.159. The number of ether oxygens (including phenoxy) is 5. The van der Waals surface area contributed by atoms with Gasteiger partial charge in [0.15, 0.2) is 5.92 Å². The van der Waals surface area contributed by atoms with E-state index in [9.17, 15) is 9.59 Å². The van der Waals surface area contributed by atoms with E-state index in [0.29, 0.717) is 22.8 Å². The molecular weight excluding hydrogens is 424 g/mol. The summed E-state index contributed by atoms with van der Waals surface area (Å²) < 4.78 is 26.7. The average molecular weight is 453 g/mol. The molecule has 174 valence electrons. The Hall–Kier alpha value is -3.74. The van der Waals surface area contributed by atoms with Crippen molar-refractivity contribution in [2.24, 2.45) is 5.92 Å². The van der Waals surface area contributed by atoms with Crippen LogP contribution in [0, 0.1) is 5.92 Å². The standard InChI is InChI=1S/C26H28O7/c1-29-17-13-22(30-2)24(23(14-17)31-3)20(15-21(25(27)32-4)26(28)33-5)19-12-8-10-16-9-6-7-11-18(16)19/h6-14,20-21H,15H2,1-5H3. The van der Waals surface area contributed by atoms with Gasteiger partial charge in [0.2, 0.25) is 0 Å². The molecule has 0 amide bonds. The van der Waals surface area contributed by atoms with Gasteiger partial charge in [-0.15, -0.1) is 0 Å². The third-order valence-electron chi connectivity index (χ3n) is 5.74. The first kappa shape index (κ1) is 23.9. The van der Waals surface area contributed by atoms with Crippen molar-refractivity contribution in [3.8, 4) is 17.2 Å². The van der Waals surface area contributed by atoms with Gasteiger partial charge in [-0.05, 0) is 22.8 Å². The Bertz CT molecular complexity index is 1090. The number of esters is 2. The van der Waals surface area contributed by atoms with E-state index in [1.807, 2.05) is 42.5 Å². The van der Waals surface area contributed by atoms with Crippen molar-refractivity contribution in [3.05, 3.63) is 65.7 Å². The minimum Gasteiger partial charge on any atom is -0.496 e. The minimum absolute atomic E-state index is 0.0897. The summed E-state index contributed by atoms with van der Waals surface area (Å²) in [5.41, 5.74) is 1.60. The molecule has 3 rings (SSSR count). The fraction of sp³-hybridized carbons (Fsp3) is 0.308. The zero-order valence-corrected chi connectivity index (χ0v) is 19.4. The molecule has 1 unspecified atom stereocenters. The van der Waals surface area contributed by atoms with E-state index < -0.39 is 23.8 Å². The number of hydrogen-bond donors (Lipinski definition) is 0. The number of carbonyl (C=O) groups is 2. The molecule has 0 spiro atoms. The molecule has 0 aliphatic carbocycles. The maximum absolute atomic E-state index is 12.6. The Kier molecular flexibility index (Phi) is 7.77. The van der Waals surface area contributed by atoms with Crippen molar-refractivity contribution in [3.63, 3.8) is 0 Å². The summed E-state index contributed by atoms with van der Waals surface area (Å²) in [7, 11) is 7.16. The van der Waals surface area contributed by atoms with E-state index in [-0.39, 0.29) is 6.42 Å². The van der Waals surface area contributed by atoms with Gasteiger partial charge in [0.05, 0.1) is 35.5 Å².